The molecule has 0 fully saturated rings. The monoisotopic (exact) mass is 280 g/mol. The van der Waals surface area contributed by atoms with Crippen molar-refractivity contribution in [1.82, 2.24) is 0 Å². The zero-order chi connectivity index (χ0) is 14.7. The van der Waals surface area contributed by atoms with Crippen molar-refractivity contribution in [2.75, 3.05) is 18.5 Å². The van der Waals surface area contributed by atoms with Gasteiger partial charge < -0.3 is 14.8 Å². The number of nitrogens with zero attached hydrogens (tertiary/aromatic N) is 1. The van der Waals surface area contributed by atoms with Gasteiger partial charge in [-0.1, -0.05) is 0 Å². The van der Waals surface area contributed by atoms with E-state index in [2.05, 4.69) is 5.32 Å². The smallest absolute Gasteiger partial charge is 0.296 e. The molecule has 1 aliphatic heterocycles. The van der Waals surface area contributed by atoms with Gasteiger partial charge in [0.25, 0.3) is 5.69 Å². The summed E-state index contributed by atoms with van der Waals surface area (Å²) in [4.78, 5) is 32.8. The van der Waals surface area contributed by atoms with E-state index in [9.17, 15) is 19.7 Å². The van der Waals surface area contributed by atoms with Crippen LogP contribution in [0.5, 0.6) is 11.5 Å². The van der Waals surface area contributed by atoms with Gasteiger partial charge in [0.15, 0.2) is 11.5 Å². The first-order valence-electron chi connectivity index (χ1n) is 5.84. The van der Waals surface area contributed by atoms with Crippen molar-refractivity contribution >= 4 is 23.1 Å². The fraction of sp³-hybridized carbons (Fsp3) is 0.333. The minimum absolute atomic E-state index is 0.0227. The van der Waals surface area contributed by atoms with Crippen LogP contribution in [-0.2, 0) is 9.59 Å². The number of nitrogens with one attached hydrogen (secondary N) is 1. The number of ether oxygens (including phenoxy) is 2. The van der Waals surface area contributed by atoms with Crippen molar-refractivity contribution in [3.63, 3.8) is 0 Å². The summed E-state index contributed by atoms with van der Waals surface area (Å²) in [5.41, 5.74) is -0.336. The van der Waals surface area contributed by atoms with Crippen LogP contribution in [0.4, 0.5) is 11.4 Å². The summed E-state index contributed by atoms with van der Waals surface area (Å²) in [6, 6.07) is 2.52. The van der Waals surface area contributed by atoms with Crippen molar-refractivity contribution in [1.29, 1.82) is 0 Å². The lowest BCUT2D eigenvalue weighted by molar-refractivity contribution is -0.384. The van der Waals surface area contributed by atoms with Gasteiger partial charge in [-0.25, -0.2) is 0 Å². The molecule has 1 aliphatic rings. The number of carbonyl (C=O) groups is 2. The minimum atomic E-state index is -0.637. The maximum atomic E-state index is 11.5. The Kier molecular flexibility index (Phi) is 3.83. The average Bonchev–Trinajstić information content (AvgIpc) is 2.36. The van der Waals surface area contributed by atoms with Crippen LogP contribution < -0.4 is 14.8 Å². The number of hydrogen-bond acceptors (Lipinski definition) is 6. The van der Waals surface area contributed by atoms with Gasteiger partial charge >= 0.3 is 0 Å². The molecule has 1 amide bonds. The van der Waals surface area contributed by atoms with Crippen molar-refractivity contribution in [3.8, 4) is 11.5 Å². The fourth-order valence-corrected chi connectivity index (χ4v) is 1.75. The number of rotatable bonds is 4. The first-order chi connectivity index (χ1) is 9.47. The van der Waals surface area contributed by atoms with Crippen LogP contribution in [0, 0.1) is 10.1 Å². The molecule has 0 saturated carbocycles. The highest BCUT2D eigenvalue weighted by Gasteiger charge is 2.23. The van der Waals surface area contributed by atoms with Gasteiger partial charge in [-0.2, -0.15) is 0 Å². The first kappa shape index (κ1) is 13.8. The van der Waals surface area contributed by atoms with E-state index >= 15 is 0 Å². The van der Waals surface area contributed by atoms with E-state index in [-0.39, 0.29) is 29.3 Å². The summed E-state index contributed by atoms with van der Waals surface area (Å²) in [5.74, 6) is -0.368. The fourth-order valence-electron chi connectivity index (χ4n) is 1.75. The second-order valence-electron chi connectivity index (χ2n) is 4.20. The SMILES string of the molecule is CC(=O)CC(=O)Nc1cc2c(cc1[N+](=O)[O-])OCCO2. The second-order valence-corrected chi connectivity index (χ2v) is 4.20. The van der Waals surface area contributed by atoms with Crippen molar-refractivity contribution < 1.29 is 24.0 Å². The molecular formula is C12H12N2O6. The highest BCUT2D eigenvalue weighted by molar-refractivity contribution is 6.04. The van der Waals surface area contributed by atoms with Crippen LogP contribution in [0.3, 0.4) is 0 Å². The molecule has 20 heavy (non-hydrogen) atoms. The number of amides is 1. The summed E-state index contributed by atoms with van der Waals surface area (Å²) in [7, 11) is 0. The number of nitro groups is 1. The predicted molar refractivity (Wildman–Crippen MR) is 68.0 cm³/mol. The molecule has 0 aromatic heterocycles. The van der Waals surface area contributed by atoms with Crippen molar-refractivity contribution in [3.05, 3.63) is 22.2 Å². The van der Waals surface area contributed by atoms with Crippen molar-refractivity contribution in [2.45, 2.75) is 13.3 Å². The molecule has 0 bridgehead atoms. The van der Waals surface area contributed by atoms with Crippen LogP contribution in [0.25, 0.3) is 0 Å². The molecule has 0 saturated heterocycles. The third-order valence-corrected chi connectivity index (χ3v) is 2.54. The zero-order valence-electron chi connectivity index (χ0n) is 10.7. The molecule has 1 N–H and O–H groups in total. The molecule has 8 heteroatoms. The lowest BCUT2D eigenvalue weighted by Gasteiger charge is -2.19. The molecule has 0 spiro atoms. The van der Waals surface area contributed by atoms with E-state index in [1.807, 2.05) is 0 Å². The molecular weight excluding hydrogens is 268 g/mol. The van der Waals surface area contributed by atoms with E-state index in [1.165, 1.54) is 19.1 Å². The Bertz CT molecular complexity index is 584. The van der Waals surface area contributed by atoms with E-state index < -0.39 is 10.8 Å². The van der Waals surface area contributed by atoms with Crippen molar-refractivity contribution in [2.24, 2.45) is 0 Å². The van der Waals surface area contributed by atoms with Crippen LogP contribution >= 0.6 is 0 Å². The quantitative estimate of drug-likeness (QED) is 0.505. The van der Waals surface area contributed by atoms with Gasteiger partial charge in [-0.15, -0.1) is 0 Å². The molecule has 2 rings (SSSR count). The Hall–Kier alpha value is -2.64. The number of Topliss-reactive ketones (excluding diaryl/α,β-unsaturated/α-hetero) is 1. The summed E-state index contributed by atoms with van der Waals surface area (Å²) < 4.78 is 10.5. The maximum Gasteiger partial charge on any atom is 0.296 e. The van der Waals surface area contributed by atoms with E-state index in [4.69, 9.17) is 9.47 Å². The number of anilines is 1. The average molecular weight is 280 g/mol. The Balaban J connectivity index is 2.32. The second kappa shape index (κ2) is 5.55. The third-order valence-electron chi connectivity index (χ3n) is 2.54. The van der Waals surface area contributed by atoms with E-state index in [1.54, 1.807) is 0 Å². The Morgan fingerprint density at radius 2 is 1.90 bits per heavy atom. The predicted octanol–water partition coefficient (Wildman–Crippen LogP) is 1.28. The van der Waals surface area contributed by atoms with Crippen LogP contribution in [0.2, 0.25) is 0 Å². The minimum Gasteiger partial charge on any atom is -0.486 e. The highest BCUT2D eigenvalue weighted by Crippen LogP contribution is 2.39. The summed E-state index contributed by atoms with van der Waals surface area (Å²) in [5, 5.41) is 13.3. The van der Waals surface area contributed by atoms with E-state index in [0.29, 0.717) is 19.0 Å². The topological polar surface area (TPSA) is 108 Å². The molecule has 1 heterocycles. The number of fused-ring (bicyclic) bond motifs is 1. The lowest BCUT2D eigenvalue weighted by Crippen LogP contribution is -2.18. The van der Waals surface area contributed by atoms with Crippen LogP contribution in [-0.4, -0.2) is 29.8 Å². The normalized spacial score (nSPS) is 12.7. The number of ketones is 1. The van der Waals surface area contributed by atoms with Gasteiger partial charge in [0, 0.05) is 6.07 Å². The summed E-state index contributed by atoms with van der Waals surface area (Å²) in [6.07, 6.45) is -0.342. The van der Waals surface area contributed by atoms with Gasteiger partial charge in [-0.05, 0) is 6.92 Å². The maximum absolute atomic E-state index is 11.5. The van der Waals surface area contributed by atoms with Gasteiger partial charge in [0.2, 0.25) is 5.91 Å². The third kappa shape index (κ3) is 3.02. The molecule has 106 valence electrons. The zero-order valence-corrected chi connectivity index (χ0v) is 10.7. The number of benzene rings is 1. The molecule has 0 radical (unpaired) electrons. The molecule has 1 aromatic carbocycles. The largest absolute Gasteiger partial charge is 0.486 e. The molecule has 1 aromatic rings. The van der Waals surface area contributed by atoms with Crippen LogP contribution in [0.1, 0.15) is 13.3 Å². The number of nitro benzene ring substituents is 1. The molecule has 0 atom stereocenters. The lowest BCUT2D eigenvalue weighted by atomic mass is 10.2. The summed E-state index contributed by atoms with van der Waals surface area (Å²) in [6.45, 7) is 1.89. The first-order valence-corrected chi connectivity index (χ1v) is 5.84. The molecule has 8 nitrogen and oxygen atoms in total. The number of hydrogen-bond donors (Lipinski definition) is 1. The molecule has 0 unspecified atom stereocenters. The Morgan fingerprint density at radius 3 is 2.45 bits per heavy atom. The van der Waals surface area contributed by atoms with Gasteiger partial charge in [-0.3, -0.25) is 19.7 Å². The van der Waals surface area contributed by atoms with Crippen LogP contribution in [0.15, 0.2) is 12.1 Å². The molecule has 0 aliphatic carbocycles. The van der Waals surface area contributed by atoms with Gasteiger partial charge in [0.05, 0.1) is 17.4 Å². The Labute approximate surface area is 113 Å². The number of carbonyl (C=O) groups excluding carboxylic acids is 2. The van der Waals surface area contributed by atoms with E-state index in [0.717, 1.165) is 0 Å². The highest BCUT2D eigenvalue weighted by atomic mass is 16.6. The summed E-state index contributed by atoms with van der Waals surface area (Å²) >= 11 is 0. The Morgan fingerprint density at radius 1 is 1.30 bits per heavy atom. The standard InChI is InChI=1S/C12H12N2O6/c1-7(15)4-12(16)13-8-5-10-11(20-3-2-19-10)6-9(8)14(17)18/h5-6H,2-4H2,1H3,(H,13,16). The van der Waals surface area contributed by atoms with Gasteiger partial charge in [0.1, 0.15) is 24.7 Å².